The second-order valence-corrected chi connectivity index (χ2v) is 4.42. The lowest BCUT2D eigenvalue weighted by molar-refractivity contribution is 0.173. The smallest absolute Gasteiger partial charge is 0.119 e. The van der Waals surface area contributed by atoms with Gasteiger partial charge in [0.15, 0.2) is 0 Å². The summed E-state index contributed by atoms with van der Waals surface area (Å²) in [4.78, 5) is 0. The van der Waals surface area contributed by atoms with Crippen LogP contribution < -0.4 is 10.5 Å². The van der Waals surface area contributed by atoms with E-state index in [0.29, 0.717) is 24.6 Å². The van der Waals surface area contributed by atoms with Crippen LogP contribution in [0.25, 0.3) is 0 Å². The first-order valence-corrected chi connectivity index (χ1v) is 5.74. The fraction of sp³-hybridized carbons (Fsp3) is 0.538. The maximum Gasteiger partial charge on any atom is 0.119 e. The van der Waals surface area contributed by atoms with Crippen molar-refractivity contribution in [1.29, 1.82) is 0 Å². The summed E-state index contributed by atoms with van der Waals surface area (Å²) in [7, 11) is 0. The van der Waals surface area contributed by atoms with Crippen molar-refractivity contribution < 1.29 is 9.84 Å². The third kappa shape index (κ3) is 3.42. The van der Waals surface area contributed by atoms with Gasteiger partial charge in [0.2, 0.25) is 0 Å². The van der Waals surface area contributed by atoms with Gasteiger partial charge in [0.25, 0.3) is 0 Å². The first-order chi connectivity index (χ1) is 7.54. The van der Waals surface area contributed by atoms with Crippen molar-refractivity contribution >= 4 is 5.69 Å². The summed E-state index contributed by atoms with van der Waals surface area (Å²) >= 11 is 0. The summed E-state index contributed by atoms with van der Waals surface area (Å²) in [5.74, 6) is 1.25. The van der Waals surface area contributed by atoms with Gasteiger partial charge in [-0.15, -0.1) is 0 Å². The Hall–Kier alpha value is -1.22. The molecule has 0 heterocycles. The van der Waals surface area contributed by atoms with Crippen molar-refractivity contribution in [2.75, 3.05) is 12.3 Å². The second-order valence-electron chi connectivity index (χ2n) is 4.42. The molecule has 0 fully saturated rings. The fourth-order valence-corrected chi connectivity index (χ4v) is 1.41. The second kappa shape index (κ2) is 5.75. The average molecular weight is 223 g/mol. The molecule has 0 bridgehead atoms. The molecular weight excluding hydrogens is 202 g/mol. The molecule has 0 amide bonds. The molecule has 1 aromatic carbocycles. The first-order valence-electron chi connectivity index (χ1n) is 5.74. The standard InChI is InChI=1S/C13H21NO2/c1-4-13(15)11-7-10(5-6-12(11)14)16-8-9(2)3/h5-7,9,13,15H,4,8,14H2,1-3H3. The normalized spacial score (nSPS) is 12.8. The highest BCUT2D eigenvalue weighted by atomic mass is 16.5. The van der Waals surface area contributed by atoms with Gasteiger partial charge in [-0.1, -0.05) is 20.8 Å². The van der Waals surface area contributed by atoms with E-state index in [2.05, 4.69) is 13.8 Å². The highest BCUT2D eigenvalue weighted by molar-refractivity contribution is 5.51. The SMILES string of the molecule is CCC(O)c1cc(OCC(C)C)ccc1N. The largest absolute Gasteiger partial charge is 0.493 e. The zero-order valence-electron chi connectivity index (χ0n) is 10.2. The summed E-state index contributed by atoms with van der Waals surface area (Å²) in [5.41, 5.74) is 7.18. The molecule has 0 aromatic heterocycles. The van der Waals surface area contributed by atoms with E-state index in [0.717, 1.165) is 11.3 Å². The van der Waals surface area contributed by atoms with E-state index in [1.54, 1.807) is 6.07 Å². The van der Waals surface area contributed by atoms with Crippen LogP contribution in [0.4, 0.5) is 5.69 Å². The Morgan fingerprint density at radius 3 is 2.62 bits per heavy atom. The van der Waals surface area contributed by atoms with Gasteiger partial charge < -0.3 is 15.6 Å². The highest BCUT2D eigenvalue weighted by Crippen LogP contribution is 2.27. The van der Waals surface area contributed by atoms with Crippen LogP contribution in [0.15, 0.2) is 18.2 Å². The number of hydrogen-bond acceptors (Lipinski definition) is 3. The van der Waals surface area contributed by atoms with E-state index in [-0.39, 0.29) is 0 Å². The Bertz CT molecular complexity index is 337. The summed E-state index contributed by atoms with van der Waals surface area (Å²) in [6.07, 6.45) is 0.139. The predicted octanol–water partition coefficient (Wildman–Crippen LogP) is 2.75. The number of aliphatic hydroxyl groups excluding tert-OH is 1. The third-order valence-corrected chi connectivity index (χ3v) is 2.39. The minimum Gasteiger partial charge on any atom is -0.493 e. The van der Waals surface area contributed by atoms with Crippen LogP contribution >= 0.6 is 0 Å². The minimum atomic E-state index is -0.511. The molecule has 1 atom stereocenters. The summed E-state index contributed by atoms with van der Waals surface area (Å²) < 4.78 is 5.59. The van der Waals surface area contributed by atoms with Crippen molar-refractivity contribution in [3.05, 3.63) is 23.8 Å². The summed E-state index contributed by atoms with van der Waals surface area (Å²) in [6, 6.07) is 5.44. The Kier molecular flexibility index (Phi) is 4.62. The molecule has 1 rings (SSSR count). The minimum absolute atomic E-state index is 0.483. The number of rotatable bonds is 5. The molecule has 3 heteroatoms. The van der Waals surface area contributed by atoms with Crippen LogP contribution in [-0.2, 0) is 0 Å². The molecule has 3 nitrogen and oxygen atoms in total. The zero-order valence-corrected chi connectivity index (χ0v) is 10.2. The summed E-state index contributed by atoms with van der Waals surface area (Å²) in [5, 5.41) is 9.78. The van der Waals surface area contributed by atoms with Crippen molar-refractivity contribution in [3.63, 3.8) is 0 Å². The van der Waals surface area contributed by atoms with Gasteiger partial charge in [0.05, 0.1) is 12.7 Å². The Balaban J connectivity index is 2.81. The number of hydrogen-bond donors (Lipinski definition) is 2. The Morgan fingerprint density at radius 1 is 1.38 bits per heavy atom. The van der Waals surface area contributed by atoms with Gasteiger partial charge in [-0.2, -0.15) is 0 Å². The lowest BCUT2D eigenvalue weighted by atomic mass is 10.1. The van der Waals surface area contributed by atoms with E-state index in [1.165, 1.54) is 0 Å². The molecule has 1 aromatic rings. The molecule has 0 spiro atoms. The van der Waals surface area contributed by atoms with Crippen LogP contribution in [0.2, 0.25) is 0 Å². The van der Waals surface area contributed by atoms with Crippen LogP contribution in [0.5, 0.6) is 5.75 Å². The monoisotopic (exact) mass is 223 g/mol. The predicted molar refractivity (Wildman–Crippen MR) is 66.4 cm³/mol. The van der Waals surface area contributed by atoms with Gasteiger partial charge in [0.1, 0.15) is 5.75 Å². The Labute approximate surface area is 97.2 Å². The number of ether oxygens (including phenoxy) is 1. The molecule has 0 saturated heterocycles. The van der Waals surface area contributed by atoms with E-state index in [4.69, 9.17) is 10.5 Å². The van der Waals surface area contributed by atoms with Gasteiger partial charge in [-0.05, 0) is 30.5 Å². The topological polar surface area (TPSA) is 55.5 Å². The number of aliphatic hydroxyl groups is 1. The lowest BCUT2D eigenvalue weighted by Crippen LogP contribution is -2.06. The molecule has 0 aliphatic rings. The Morgan fingerprint density at radius 2 is 2.06 bits per heavy atom. The third-order valence-electron chi connectivity index (χ3n) is 2.39. The molecule has 0 aliphatic heterocycles. The molecular formula is C13H21NO2. The van der Waals surface area contributed by atoms with Crippen LogP contribution in [0, 0.1) is 5.92 Å². The molecule has 0 saturated carbocycles. The fourth-order valence-electron chi connectivity index (χ4n) is 1.41. The molecule has 0 aliphatic carbocycles. The van der Waals surface area contributed by atoms with Gasteiger partial charge in [-0.25, -0.2) is 0 Å². The quantitative estimate of drug-likeness (QED) is 0.755. The maximum absolute atomic E-state index is 9.78. The van der Waals surface area contributed by atoms with Crippen LogP contribution in [-0.4, -0.2) is 11.7 Å². The average Bonchev–Trinajstić information content (AvgIpc) is 2.27. The molecule has 1 unspecified atom stereocenters. The molecule has 0 radical (unpaired) electrons. The first kappa shape index (κ1) is 12.8. The van der Waals surface area contributed by atoms with E-state index in [9.17, 15) is 5.11 Å². The maximum atomic E-state index is 9.78. The molecule has 90 valence electrons. The lowest BCUT2D eigenvalue weighted by Gasteiger charge is -2.14. The summed E-state index contributed by atoms with van der Waals surface area (Å²) in [6.45, 7) is 6.79. The van der Waals surface area contributed by atoms with Crippen LogP contribution in [0.3, 0.4) is 0 Å². The number of benzene rings is 1. The van der Waals surface area contributed by atoms with Crippen molar-refractivity contribution in [2.45, 2.75) is 33.3 Å². The number of anilines is 1. The van der Waals surface area contributed by atoms with E-state index < -0.39 is 6.10 Å². The number of nitrogens with two attached hydrogens (primary N) is 1. The van der Waals surface area contributed by atoms with Gasteiger partial charge in [-0.3, -0.25) is 0 Å². The molecule has 16 heavy (non-hydrogen) atoms. The van der Waals surface area contributed by atoms with Crippen LogP contribution in [0.1, 0.15) is 38.9 Å². The zero-order chi connectivity index (χ0) is 12.1. The van der Waals surface area contributed by atoms with E-state index >= 15 is 0 Å². The van der Waals surface area contributed by atoms with Crippen molar-refractivity contribution in [3.8, 4) is 5.75 Å². The van der Waals surface area contributed by atoms with Crippen molar-refractivity contribution in [1.82, 2.24) is 0 Å². The molecule has 3 N–H and O–H groups in total. The van der Waals surface area contributed by atoms with Gasteiger partial charge in [0, 0.05) is 11.3 Å². The van der Waals surface area contributed by atoms with Gasteiger partial charge >= 0.3 is 0 Å². The van der Waals surface area contributed by atoms with E-state index in [1.807, 2.05) is 19.1 Å². The van der Waals surface area contributed by atoms with Crippen molar-refractivity contribution in [2.24, 2.45) is 5.92 Å². The number of nitrogen functional groups attached to an aromatic ring is 1. The highest BCUT2D eigenvalue weighted by Gasteiger charge is 2.10.